The minimum absolute atomic E-state index is 0.111. The quantitative estimate of drug-likeness (QED) is 0.561. The number of carbonyl (C=O) groups excluding carboxylic acids is 2. The van der Waals surface area contributed by atoms with Gasteiger partial charge >= 0.3 is 0 Å². The normalized spacial score (nSPS) is 22.6. The van der Waals surface area contributed by atoms with Crippen molar-refractivity contribution in [1.29, 1.82) is 0 Å². The third-order valence-electron chi connectivity index (χ3n) is 7.91. The van der Waals surface area contributed by atoms with E-state index < -0.39 is 5.54 Å². The van der Waals surface area contributed by atoms with E-state index >= 15 is 0 Å². The minimum Gasteiger partial charge on any atom is -0.486 e. The van der Waals surface area contributed by atoms with Crippen molar-refractivity contribution in [2.45, 2.75) is 70.0 Å². The molecular weight excluding hydrogens is 454 g/mol. The number of hydrogen-bond donors (Lipinski definition) is 1. The summed E-state index contributed by atoms with van der Waals surface area (Å²) in [4.78, 5) is 29.9. The Hall–Kier alpha value is -3.48. The van der Waals surface area contributed by atoms with Crippen LogP contribution in [0.4, 0.5) is 5.69 Å². The summed E-state index contributed by atoms with van der Waals surface area (Å²) in [5.41, 5.74) is 1.07. The van der Waals surface area contributed by atoms with Gasteiger partial charge in [-0.25, -0.2) is 0 Å². The Morgan fingerprint density at radius 2 is 1.67 bits per heavy atom. The highest BCUT2D eigenvalue weighted by atomic mass is 16.6. The molecule has 3 aromatic rings. The van der Waals surface area contributed by atoms with Crippen LogP contribution < -0.4 is 19.7 Å². The zero-order valence-corrected chi connectivity index (χ0v) is 20.8. The van der Waals surface area contributed by atoms with Gasteiger partial charge in [-0.1, -0.05) is 50.3 Å². The molecule has 1 aliphatic carbocycles. The van der Waals surface area contributed by atoms with Gasteiger partial charge in [-0.3, -0.25) is 14.5 Å². The number of amides is 2. The second kappa shape index (κ2) is 9.19. The molecule has 0 radical (unpaired) electrons. The number of fused-ring (bicyclic) bond motifs is 4. The van der Waals surface area contributed by atoms with Crippen LogP contribution in [0.25, 0.3) is 10.9 Å². The van der Waals surface area contributed by atoms with E-state index in [4.69, 9.17) is 9.47 Å². The van der Waals surface area contributed by atoms with E-state index in [-0.39, 0.29) is 17.9 Å². The van der Waals surface area contributed by atoms with E-state index in [0.29, 0.717) is 42.6 Å². The van der Waals surface area contributed by atoms with E-state index in [1.54, 1.807) is 4.90 Å². The first-order valence-corrected chi connectivity index (χ1v) is 13.2. The lowest BCUT2D eigenvalue weighted by Crippen LogP contribution is -2.65. The molecule has 0 unspecified atom stereocenters. The molecule has 2 aliphatic heterocycles. The van der Waals surface area contributed by atoms with Gasteiger partial charge in [-0.15, -0.1) is 0 Å². The Bertz CT molecular complexity index is 1310. The van der Waals surface area contributed by atoms with Crippen molar-refractivity contribution in [3.8, 4) is 11.5 Å². The fourth-order valence-electron chi connectivity index (χ4n) is 5.96. The van der Waals surface area contributed by atoms with Gasteiger partial charge in [-0.2, -0.15) is 0 Å². The topological polar surface area (TPSA) is 72.8 Å². The average molecular weight is 488 g/mol. The fraction of sp³-hybridized carbons (Fsp3) is 0.448. The highest BCUT2D eigenvalue weighted by molar-refractivity contribution is 6.14. The van der Waals surface area contributed by atoms with Crippen molar-refractivity contribution < 1.29 is 19.1 Å². The summed E-state index contributed by atoms with van der Waals surface area (Å²) < 4.78 is 13.5. The Kier molecular flexibility index (Phi) is 5.86. The van der Waals surface area contributed by atoms with Crippen LogP contribution in [0.5, 0.6) is 11.5 Å². The van der Waals surface area contributed by atoms with Gasteiger partial charge in [0.15, 0.2) is 11.5 Å². The number of aromatic nitrogens is 1. The summed E-state index contributed by atoms with van der Waals surface area (Å²) in [5.74, 6) is 0.953. The average Bonchev–Trinajstić information content (AvgIpc) is 3.24. The molecule has 7 heteroatoms. The molecule has 3 aliphatic rings. The molecule has 1 saturated carbocycles. The first kappa shape index (κ1) is 23.0. The van der Waals surface area contributed by atoms with Gasteiger partial charge in [0, 0.05) is 28.7 Å². The molecule has 0 bridgehead atoms. The molecule has 36 heavy (non-hydrogen) atoms. The van der Waals surface area contributed by atoms with Crippen molar-refractivity contribution in [2.24, 2.45) is 0 Å². The summed E-state index contributed by atoms with van der Waals surface area (Å²) in [7, 11) is 0. The SMILES string of the molecule is C[C@]1(C(=O)NC2CCCCCCC2)Cn2c(cc3ccccc32)C(=O)N1c1ccc2c(c1)OCCO2. The van der Waals surface area contributed by atoms with Gasteiger partial charge in [0.2, 0.25) is 5.91 Å². The molecule has 1 N–H and O–H groups in total. The van der Waals surface area contributed by atoms with Gasteiger partial charge < -0.3 is 19.4 Å². The number of carbonyl (C=O) groups is 2. The summed E-state index contributed by atoms with van der Waals surface area (Å²) in [6.45, 7) is 3.21. The Labute approximate surface area is 211 Å². The highest BCUT2D eigenvalue weighted by Gasteiger charge is 2.49. The molecule has 1 atom stereocenters. The number of hydrogen-bond acceptors (Lipinski definition) is 4. The Balaban J connectivity index is 1.42. The second-order valence-corrected chi connectivity index (χ2v) is 10.4. The standard InChI is InChI=1S/C29H33N3O4/c1-29(28(34)30-21-10-5-3-2-4-6-11-21)19-31-23-12-8-7-9-20(23)17-24(31)27(33)32(29)22-13-14-25-26(18-22)36-16-15-35-25/h7-9,12-14,17-18,21H,2-6,10-11,15-16,19H2,1H3,(H,30,34)/t29-/m1/s1. The molecule has 6 rings (SSSR count). The van der Waals surface area contributed by atoms with Crippen LogP contribution in [0.3, 0.4) is 0 Å². The predicted octanol–water partition coefficient (Wildman–Crippen LogP) is 5.06. The van der Waals surface area contributed by atoms with E-state index in [1.165, 1.54) is 19.3 Å². The van der Waals surface area contributed by atoms with Crippen molar-refractivity contribution >= 4 is 28.4 Å². The molecule has 2 amide bonds. The number of ether oxygens (including phenoxy) is 2. The molecule has 0 saturated heterocycles. The molecule has 1 fully saturated rings. The largest absolute Gasteiger partial charge is 0.486 e. The smallest absolute Gasteiger partial charge is 0.275 e. The zero-order chi connectivity index (χ0) is 24.7. The van der Waals surface area contributed by atoms with E-state index in [0.717, 1.165) is 36.6 Å². The Morgan fingerprint density at radius 3 is 2.47 bits per heavy atom. The van der Waals surface area contributed by atoms with Crippen LogP contribution in [0, 0.1) is 0 Å². The van der Waals surface area contributed by atoms with Crippen LogP contribution >= 0.6 is 0 Å². The lowest BCUT2D eigenvalue weighted by Gasteiger charge is -2.44. The number of rotatable bonds is 3. The van der Waals surface area contributed by atoms with Gasteiger partial charge in [0.25, 0.3) is 5.91 Å². The Morgan fingerprint density at radius 1 is 0.944 bits per heavy atom. The number of nitrogens with zero attached hydrogens (tertiary/aromatic N) is 2. The van der Waals surface area contributed by atoms with Crippen LogP contribution in [0.15, 0.2) is 48.5 Å². The number of para-hydroxylation sites is 1. The van der Waals surface area contributed by atoms with Crippen molar-refractivity contribution in [2.75, 3.05) is 18.1 Å². The number of anilines is 1. The zero-order valence-electron chi connectivity index (χ0n) is 20.8. The summed E-state index contributed by atoms with van der Waals surface area (Å²) in [6.07, 6.45) is 7.91. The van der Waals surface area contributed by atoms with Crippen molar-refractivity contribution in [3.63, 3.8) is 0 Å². The number of benzene rings is 2. The molecule has 3 heterocycles. The maximum Gasteiger partial charge on any atom is 0.275 e. The molecule has 2 aromatic carbocycles. The fourth-order valence-corrected chi connectivity index (χ4v) is 5.96. The first-order valence-electron chi connectivity index (χ1n) is 13.2. The molecule has 188 valence electrons. The van der Waals surface area contributed by atoms with E-state index in [9.17, 15) is 9.59 Å². The van der Waals surface area contributed by atoms with Gasteiger partial charge in [0.1, 0.15) is 24.4 Å². The van der Waals surface area contributed by atoms with E-state index in [1.807, 2.05) is 60.0 Å². The van der Waals surface area contributed by atoms with Crippen LogP contribution in [-0.4, -0.2) is 41.2 Å². The third-order valence-corrected chi connectivity index (χ3v) is 7.91. The van der Waals surface area contributed by atoms with Gasteiger partial charge in [-0.05, 0) is 44.0 Å². The summed E-state index contributed by atoms with van der Waals surface area (Å²) in [6, 6.07) is 15.5. The maximum atomic E-state index is 14.1. The van der Waals surface area contributed by atoms with Crippen LogP contribution in [0.2, 0.25) is 0 Å². The van der Waals surface area contributed by atoms with Crippen molar-refractivity contribution in [3.05, 3.63) is 54.2 Å². The summed E-state index contributed by atoms with van der Waals surface area (Å²) in [5, 5.41) is 4.34. The lowest BCUT2D eigenvalue weighted by atomic mass is 9.91. The molecule has 7 nitrogen and oxygen atoms in total. The van der Waals surface area contributed by atoms with Crippen LogP contribution in [0.1, 0.15) is 62.4 Å². The van der Waals surface area contributed by atoms with E-state index in [2.05, 4.69) is 5.32 Å². The molecule has 1 aromatic heterocycles. The molecular formula is C29H33N3O4. The lowest BCUT2D eigenvalue weighted by molar-refractivity contribution is -0.127. The first-order chi connectivity index (χ1) is 17.5. The predicted molar refractivity (Wildman–Crippen MR) is 139 cm³/mol. The van der Waals surface area contributed by atoms with Crippen molar-refractivity contribution in [1.82, 2.24) is 9.88 Å². The second-order valence-electron chi connectivity index (χ2n) is 10.4. The summed E-state index contributed by atoms with van der Waals surface area (Å²) >= 11 is 0. The minimum atomic E-state index is -1.11. The van der Waals surface area contributed by atoms with Gasteiger partial charge in [0.05, 0.1) is 6.54 Å². The monoisotopic (exact) mass is 487 g/mol. The highest BCUT2D eigenvalue weighted by Crippen LogP contribution is 2.40. The van der Waals surface area contributed by atoms with Crippen LogP contribution in [-0.2, 0) is 11.3 Å². The third kappa shape index (κ3) is 3.91. The molecule has 0 spiro atoms. The maximum absolute atomic E-state index is 14.1. The number of nitrogens with one attached hydrogen (secondary N) is 1.